The first-order valence-electron chi connectivity index (χ1n) is 4.24. The molecule has 0 spiro atoms. The standard InChI is InChI=1S/C9H8BrFN2O3S/c1-16-8(15)5-6(11)3(10)2-4(7(5)14)13-9(12)17/h2,14H,1H3,(H3,12,13,17). The van der Waals surface area contributed by atoms with Gasteiger partial charge < -0.3 is 20.9 Å². The summed E-state index contributed by atoms with van der Waals surface area (Å²) in [5, 5.41) is 12.0. The Morgan fingerprint density at radius 3 is 2.76 bits per heavy atom. The molecule has 0 aromatic heterocycles. The van der Waals surface area contributed by atoms with Crippen LogP contribution in [0.3, 0.4) is 0 Å². The average molecular weight is 323 g/mol. The van der Waals surface area contributed by atoms with E-state index < -0.39 is 23.1 Å². The molecule has 0 bridgehead atoms. The van der Waals surface area contributed by atoms with Gasteiger partial charge in [0.05, 0.1) is 17.3 Å². The molecule has 0 unspecified atom stereocenters. The van der Waals surface area contributed by atoms with Crippen molar-refractivity contribution in [2.24, 2.45) is 5.73 Å². The number of methoxy groups -OCH3 is 1. The zero-order valence-electron chi connectivity index (χ0n) is 8.58. The number of phenolic OH excluding ortho intramolecular Hbond substituents is 1. The minimum absolute atomic E-state index is 0.00572. The second kappa shape index (κ2) is 5.28. The van der Waals surface area contributed by atoms with Gasteiger partial charge in [-0.25, -0.2) is 9.18 Å². The number of ether oxygens (including phenoxy) is 1. The number of anilines is 1. The van der Waals surface area contributed by atoms with Crippen LogP contribution in [0.1, 0.15) is 10.4 Å². The van der Waals surface area contributed by atoms with Crippen LogP contribution in [-0.4, -0.2) is 23.3 Å². The first kappa shape index (κ1) is 13.7. The minimum Gasteiger partial charge on any atom is -0.505 e. The maximum atomic E-state index is 13.6. The lowest BCUT2D eigenvalue weighted by molar-refractivity contribution is 0.0592. The van der Waals surface area contributed by atoms with E-state index in [1.54, 1.807) is 0 Å². The van der Waals surface area contributed by atoms with Crippen LogP contribution < -0.4 is 11.1 Å². The van der Waals surface area contributed by atoms with Crippen LogP contribution in [0.5, 0.6) is 5.75 Å². The van der Waals surface area contributed by atoms with Gasteiger partial charge in [-0.2, -0.15) is 0 Å². The van der Waals surface area contributed by atoms with Gasteiger partial charge in [0.2, 0.25) is 0 Å². The van der Waals surface area contributed by atoms with Crippen LogP contribution in [0, 0.1) is 5.82 Å². The van der Waals surface area contributed by atoms with Crippen LogP contribution in [0.4, 0.5) is 10.1 Å². The summed E-state index contributed by atoms with van der Waals surface area (Å²) in [6.07, 6.45) is 0. The first-order valence-corrected chi connectivity index (χ1v) is 5.44. The van der Waals surface area contributed by atoms with E-state index in [1.807, 2.05) is 0 Å². The molecule has 4 N–H and O–H groups in total. The van der Waals surface area contributed by atoms with Crippen molar-refractivity contribution in [2.75, 3.05) is 12.4 Å². The smallest absolute Gasteiger partial charge is 0.344 e. The Morgan fingerprint density at radius 2 is 2.29 bits per heavy atom. The number of aromatic hydroxyl groups is 1. The van der Waals surface area contributed by atoms with Crippen molar-refractivity contribution in [3.63, 3.8) is 0 Å². The summed E-state index contributed by atoms with van der Waals surface area (Å²) >= 11 is 7.48. The van der Waals surface area contributed by atoms with E-state index in [9.17, 15) is 14.3 Å². The normalized spacial score (nSPS) is 9.82. The Bertz CT molecular complexity index is 496. The number of rotatable bonds is 2. The third-order valence-corrected chi connectivity index (χ3v) is 2.52. The van der Waals surface area contributed by atoms with Gasteiger partial charge in [0, 0.05) is 0 Å². The molecule has 0 atom stereocenters. The molecule has 0 saturated heterocycles. The van der Waals surface area contributed by atoms with Gasteiger partial charge in [-0.05, 0) is 34.2 Å². The Hall–Kier alpha value is -1.41. The van der Waals surface area contributed by atoms with Gasteiger partial charge in [-0.15, -0.1) is 0 Å². The molecule has 0 aliphatic rings. The quantitative estimate of drug-likeness (QED) is 0.437. The topological polar surface area (TPSA) is 84.6 Å². The van der Waals surface area contributed by atoms with Crippen molar-refractivity contribution < 1.29 is 19.0 Å². The monoisotopic (exact) mass is 322 g/mol. The molecule has 92 valence electrons. The third-order valence-electron chi connectivity index (χ3n) is 1.84. The molecule has 0 aliphatic carbocycles. The van der Waals surface area contributed by atoms with Crippen LogP contribution in [0.25, 0.3) is 0 Å². The van der Waals surface area contributed by atoms with Crippen LogP contribution >= 0.6 is 28.1 Å². The predicted molar refractivity (Wildman–Crippen MR) is 67.5 cm³/mol. The van der Waals surface area contributed by atoms with E-state index in [2.05, 4.69) is 38.2 Å². The average Bonchev–Trinajstić information content (AvgIpc) is 2.25. The lowest BCUT2D eigenvalue weighted by atomic mass is 10.1. The van der Waals surface area contributed by atoms with Gasteiger partial charge in [0.15, 0.2) is 16.7 Å². The largest absolute Gasteiger partial charge is 0.505 e. The molecule has 0 aliphatic heterocycles. The second-order valence-electron chi connectivity index (χ2n) is 2.92. The third kappa shape index (κ3) is 2.83. The van der Waals surface area contributed by atoms with E-state index in [4.69, 9.17) is 5.73 Å². The van der Waals surface area contributed by atoms with Crippen molar-refractivity contribution in [1.82, 2.24) is 0 Å². The predicted octanol–water partition coefficient (Wildman–Crippen LogP) is 1.74. The molecule has 0 amide bonds. The number of benzene rings is 1. The van der Waals surface area contributed by atoms with Crippen molar-refractivity contribution in [1.29, 1.82) is 0 Å². The minimum atomic E-state index is -1.01. The summed E-state index contributed by atoms with van der Waals surface area (Å²) in [6, 6.07) is 1.20. The van der Waals surface area contributed by atoms with E-state index in [-0.39, 0.29) is 15.3 Å². The molecular formula is C9H8BrFN2O3S. The van der Waals surface area contributed by atoms with Gasteiger partial charge in [0.1, 0.15) is 5.56 Å². The van der Waals surface area contributed by atoms with E-state index in [0.717, 1.165) is 7.11 Å². The molecule has 17 heavy (non-hydrogen) atoms. The molecule has 1 aromatic rings. The zero-order valence-corrected chi connectivity index (χ0v) is 11.0. The lowest BCUT2D eigenvalue weighted by Gasteiger charge is -2.11. The highest BCUT2D eigenvalue weighted by atomic mass is 79.9. The number of nitrogens with one attached hydrogen (secondary N) is 1. The van der Waals surface area contributed by atoms with Crippen LogP contribution in [0.15, 0.2) is 10.5 Å². The van der Waals surface area contributed by atoms with E-state index >= 15 is 0 Å². The van der Waals surface area contributed by atoms with Crippen molar-refractivity contribution >= 4 is 44.9 Å². The molecule has 0 radical (unpaired) electrons. The number of carbonyl (C=O) groups is 1. The maximum Gasteiger partial charge on any atom is 0.344 e. The summed E-state index contributed by atoms with van der Waals surface area (Å²) in [6.45, 7) is 0. The SMILES string of the molecule is COC(=O)c1c(O)c(NC(N)=S)cc(Br)c1F. The van der Waals surface area contributed by atoms with Gasteiger partial charge in [-0.1, -0.05) is 0 Å². The maximum absolute atomic E-state index is 13.6. The van der Waals surface area contributed by atoms with Crippen molar-refractivity contribution in [2.45, 2.75) is 0 Å². The Morgan fingerprint density at radius 1 is 1.71 bits per heavy atom. The molecule has 5 nitrogen and oxygen atoms in total. The number of halogens is 2. The fraction of sp³-hybridized carbons (Fsp3) is 0.111. The van der Waals surface area contributed by atoms with Gasteiger partial charge in [0.25, 0.3) is 0 Å². The number of hydrogen-bond acceptors (Lipinski definition) is 4. The van der Waals surface area contributed by atoms with E-state index in [1.165, 1.54) is 6.07 Å². The highest BCUT2D eigenvalue weighted by Crippen LogP contribution is 2.35. The fourth-order valence-electron chi connectivity index (χ4n) is 1.13. The molecular weight excluding hydrogens is 315 g/mol. The Balaban J connectivity index is 3.42. The van der Waals surface area contributed by atoms with Gasteiger partial charge in [-0.3, -0.25) is 0 Å². The summed E-state index contributed by atoms with van der Waals surface area (Å²) < 4.78 is 17.9. The highest BCUT2D eigenvalue weighted by molar-refractivity contribution is 9.10. The first-order chi connectivity index (χ1) is 7.88. The molecule has 0 saturated carbocycles. The Kier molecular flexibility index (Phi) is 4.24. The van der Waals surface area contributed by atoms with Crippen LogP contribution in [0.2, 0.25) is 0 Å². The molecule has 1 aromatic carbocycles. The summed E-state index contributed by atoms with van der Waals surface area (Å²) in [5.74, 6) is -2.56. The number of nitrogens with two attached hydrogens (primary N) is 1. The number of hydrogen-bond donors (Lipinski definition) is 3. The Labute approximate surface area is 110 Å². The fourth-order valence-corrected chi connectivity index (χ4v) is 1.67. The number of carbonyl (C=O) groups excluding carboxylic acids is 1. The number of phenols is 1. The van der Waals surface area contributed by atoms with Gasteiger partial charge >= 0.3 is 5.97 Å². The van der Waals surface area contributed by atoms with Crippen LogP contribution in [-0.2, 0) is 4.74 Å². The molecule has 0 fully saturated rings. The molecule has 0 heterocycles. The number of thiocarbonyl (C=S) groups is 1. The second-order valence-corrected chi connectivity index (χ2v) is 4.22. The number of esters is 1. The van der Waals surface area contributed by atoms with Crippen molar-refractivity contribution in [3.05, 3.63) is 21.9 Å². The van der Waals surface area contributed by atoms with Crippen molar-refractivity contribution in [3.8, 4) is 5.75 Å². The molecule has 8 heteroatoms. The summed E-state index contributed by atoms with van der Waals surface area (Å²) in [5.41, 5.74) is 4.63. The highest BCUT2D eigenvalue weighted by Gasteiger charge is 2.23. The summed E-state index contributed by atoms with van der Waals surface area (Å²) in [4.78, 5) is 11.3. The lowest BCUT2D eigenvalue weighted by Crippen LogP contribution is -2.19. The molecule has 1 rings (SSSR count). The van der Waals surface area contributed by atoms with E-state index in [0.29, 0.717) is 0 Å². The zero-order chi connectivity index (χ0) is 13.2. The summed E-state index contributed by atoms with van der Waals surface area (Å²) in [7, 11) is 1.07.